The van der Waals surface area contributed by atoms with Gasteiger partial charge in [-0.3, -0.25) is 23.4 Å². The van der Waals surface area contributed by atoms with Crippen molar-refractivity contribution in [3.05, 3.63) is 12.2 Å². The molecule has 0 aromatic carbocycles. The summed E-state index contributed by atoms with van der Waals surface area (Å²) in [6, 6.07) is 0. The number of allylic oxidation sites excluding steroid dienone is 2. The minimum atomic E-state index is -5.69. The summed E-state index contributed by atoms with van der Waals surface area (Å²) in [5, 5.41) is 110. The van der Waals surface area contributed by atoms with Gasteiger partial charge in [-0.15, -0.1) is 0 Å². The van der Waals surface area contributed by atoms with E-state index in [1.165, 1.54) is 135 Å². The predicted octanol–water partition coefficient (Wildman–Crippen LogP) is 11.1. The first kappa shape index (κ1) is 90.9. The first-order valence-corrected chi connectivity index (χ1v) is 40.5. The molecule has 3 aliphatic rings. The number of hydrogen-bond acceptors (Lipinski definition) is 23. The van der Waals surface area contributed by atoms with Crippen molar-refractivity contribution in [1.29, 1.82) is 0 Å². The molecular formula is C74H137O24P. The summed E-state index contributed by atoms with van der Waals surface area (Å²) in [5.41, 5.74) is 0. The Labute approximate surface area is 592 Å². The number of carbonyl (C=O) groups is 3. The molecule has 11 N–H and O–H groups in total. The average Bonchev–Trinajstić information content (AvgIpc) is 0.763. The highest BCUT2D eigenvalue weighted by Gasteiger charge is 2.58. The van der Waals surface area contributed by atoms with Crippen LogP contribution < -0.4 is 0 Å². The third kappa shape index (κ3) is 39.0. The first-order valence-electron chi connectivity index (χ1n) is 39.0. The van der Waals surface area contributed by atoms with Gasteiger partial charge in [-0.2, -0.15) is 0 Å². The van der Waals surface area contributed by atoms with E-state index < -0.39 is 156 Å². The van der Waals surface area contributed by atoms with Gasteiger partial charge in [-0.25, -0.2) is 4.57 Å². The van der Waals surface area contributed by atoms with Crippen LogP contribution in [0.25, 0.3) is 0 Å². The van der Waals surface area contributed by atoms with Gasteiger partial charge in [0.2, 0.25) is 0 Å². The zero-order valence-corrected chi connectivity index (χ0v) is 61.7. The Bertz CT molecular complexity index is 2090. The lowest BCUT2D eigenvalue weighted by Gasteiger charge is -2.49. The molecule has 0 aromatic heterocycles. The quantitative estimate of drug-likeness (QED) is 0.00886. The molecule has 2 heterocycles. The van der Waals surface area contributed by atoms with E-state index >= 15 is 0 Å². The fraction of sp³-hybridized carbons (Fsp3) is 0.932. The molecule has 3 fully saturated rings. The van der Waals surface area contributed by atoms with Gasteiger partial charge in [0, 0.05) is 19.3 Å². The fourth-order valence-electron chi connectivity index (χ4n) is 12.9. The molecule has 0 bridgehead atoms. The van der Waals surface area contributed by atoms with Gasteiger partial charge in [0.25, 0.3) is 0 Å². The molecule has 3 rings (SSSR count). The molecule has 24 nitrogen and oxygen atoms in total. The van der Waals surface area contributed by atoms with E-state index in [9.17, 15) is 74.9 Å². The van der Waals surface area contributed by atoms with Crippen molar-refractivity contribution in [2.24, 2.45) is 0 Å². The number of rotatable bonds is 61. The molecular weight excluding hydrogens is 1300 g/mol. The minimum Gasteiger partial charge on any atom is -0.463 e. The number of aliphatic hydroxyl groups excluding tert-OH is 10. The summed E-state index contributed by atoms with van der Waals surface area (Å²) in [5.74, 6) is -1.98. The second-order valence-corrected chi connectivity index (χ2v) is 29.5. The molecule has 18 atom stereocenters. The smallest absolute Gasteiger partial charge is 0.463 e. The topological polar surface area (TPSA) is 374 Å². The summed E-state index contributed by atoms with van der Waals surface area (Å²) in [4.78, 5) is 51.0. The zero-order chi connectivity index (χ0) is 72.5. The van der Waals surface area contributed by atoms with E-state index in [-0.39, 0.29) is 19.3 Å². The van der Waals surface area contributed by atoms with Crippen LogP contribution in [0.5, 0.6) is 0 Å². The largest absolute Gasteiger partial charge is 0.472 e. The van der Waals surface area contributed by atoms with Gasteiger partial charge >= 0.3 is 25.7 Å². The third-order valence-corrected chi connectivity index (χ3v) is 20.3. The second kappa shape index (κ2) is 56.1. The number of aliphatic hydroxyl groups is 10. The zero-order valence-electron chi connectivity index (χ0n) is 60.8. The van der Waals surface area contributed by atoms with E-state index in [2.05, 4.69) is 32.9 Å². The monoisotopic (exact) mass is 1440 g/mol. The number of ether oxygens (including phenoxy) is 7. The van der Waals surface area contributed by atoms with Crippen LogP contribution in [-0.2, 0) is 61.2 Å². The maximum atomic E-state index is 14.3. The van der Waals surface area contributed by atoms with Gasteiger partial charge in [-0.1, -0.05) is 258 Å². The van der Waals surface area contributed by atoms with Crippen molar-refractivity contribution in [3.8, 4) is 0 Å². The number of hydrogen-bond donors (Lipinski definition) is 11. The van der Waals surface area contributed by atoms with Gasteiger partial charge in [-0.05, 0) is 44.9 Å². The van der Waals surface area contributed by atoms with Gasteiger partial charge < -0.3 is 89.1 Å². The third-order valence-electron chi connectivity index (χ3n) is 19.3. The van der Waals surface area contributed by atoms with Crippen LogP contribution in [0, 0.1) is 0 Å². The Balaban J connectivity index is 1.71. The average molecular weight is 1440 g/mol. The molecule has 0 spiro atoms. The number of phosphoric ester groups is 1. The Morgan fingerprint density at radius 3 is 1.10 bits per heavy atom. The highest BCUT2D eigenvalue weighted by atomic mass is 31.2. The van der Waals surface area contributed by atoms with Crippen molar-refractivity contribution in [2.75, 3.05) is 26.4 Å². The first-order chi connectivity index (χ1) is 47.8. The molecule has 99 heavy (non-hydrogen) atoms. The highest BCUT2D eigenvalue weighted by Crippen LogP contribution is 2.49. The van der Waals surface area contributed by atoms with Crippen LogP contribution in [0.1, 0.15) is 310 Å². The lowest BCUT2D eigenvalue weighted by Crippen LogP contribution is -2.69. The molecule has 18 unspecified atom stereocenters. The minimum absolute atomic E-state index is 0.0329. The maximum Gasteiger partial charge on any atom is 0.472 e. The molecule has 2 saturated heterocycles. The lowest BCUT2D eigenvalue weighted by atomic mass is 9.84. The van der Waals surface area contributed by atoms with E-state index in [1.807, 2.05) is 0 Å². The number of carbonyl (C=O) groups excluding carboxylic acids is 3. The standard InChI is InChI=1S/C74H137O24P/c1-4-7-10-13-16-19-22-25-27-29-32-34-37-40-43-46-49-59(77)91-54-57-62(80)64(82)69(87)74(95-57)97-71-67(85)65(83)66(84)70(96-73-68(86)63(81)61(79)56(51-75)94-73)72(71)98-99(88,89)92-53-55(93-60(78)50-47-44-41-38-35-30-24-21-18-15-12-9-6-3)52-90-58(76)48-45-42-39-36-33-31-28-26-23-20-17-14-11-8-5-2/h20,23,55-57,61-75,79-87H,4-19,21-22,24-54H2,1-3H3,(H,88,89)/b23-20-. The molecule has 0 amide bonds. The second-order valence-electron chi connectivity index (χ2n) is 28.1. The van der Waals surface area contributed by atoms with Gasteiger partial charge in [0.1, 0.15) is 98.7 Å². The fourth-order valence-corrected chi connectivity index (χ4v) is 13.9. The van der Waals surface area contributed by atoms with E-state index in [0.717, 1.165) is 116 Å². The molecule has 0 radical (unpaired) electrons. The van der Waals surface area contributed by atoms with Crippen molar-refractivity contribution >= 4 is 25.7 Å². The Morgan fingerprint density at radius 2 is 0.707 bits per heavy atom. The Morgan fingerprint density at radius 1 is 0.384 bits per heavy atom. The summed E-state index contributed by atoms with van der Waals surface area (Å²) in [7, 11) is -5.69. The summed E-state index contributed by atoms with van der Waals surface area (Å²) in [6.07, 6.45) is 15.5. The number of esters is 3. The lowest BCUT2D eigenvalue weighted by molar-refractivity contribution is -0.360. The van der Waals surface area contributed by atoms with Crippen LogP contribution in [0.3, 0.4) is 0 Å². The summed E-state index contributed by atoms with van der Waals surface area (Å²) >= 11 is 0. The number of phosphoric acid groups is 1. The molecule has 1 aliphatic carbocycles. The van der Waals surface area contributed by atoms with Crippen molar-refractivity contribution in [1.82, 2.24) is 0 Å². The molecule has 25 heteroatoms. The molecule has 1 saturated carbocycles. The summed E-state index contributed by atoms with van der Waals surface area (Å²) < 4.78 is 65.1. The SMILES string of the molecule is CCCCCC/C=C\CCCCCCCCCC(=O)OCC(COP(=O)(O)OC1C(OC2OC(CO)C(O)C(O)C2O)C(O)C(O)C(O)C1OC1OC(COC(=O)CCCCCCCCCCCCCCCCCC)C(O)C(O)C1O)OC(=O)CCCCCCCCCCCCCCC. The van der Waals surface area contributed by atoms with Crippen LogP contribution >= 0.6 is 7.82 Å². The van der Waals surface area contributed by atoms with Crippen molar-refractivity contribution in [3.63, 3.8) is 0 Å². The van der Waals surface area contributed by atoms with Gasteiger partial charge in [0.05, 0.1) is 13.2 Å². The normalized spacial score (nSPS) is 27.5. The predicted molar refractivity (Wildman–Crippen MR) is 375 cm³/mol. The van der Waals surface area contributed by atoms with Gasteiger partial charge in [0.15, 0.2) is 18.7 Å². The Kier molecular flexibility index (Phi) is 51.5. The van der Waals surface area contributed by atoms with E-state index in [4.69, 9.17) is 42.2 Å². The maximum absolute atomic E-state index is 14.3. The van der Waals surface area contributed by atoms with E-state index in [0.29, 0.717) is 19.3 Å². The Hall–Kier alpha value is -2.30. The van der Waals surface area contributed by atoms with Crippen molar-refractivity contribution in [2.45, 2.75) is 414 Å². The molecule has 2 aliphatic heterocycles. The van der Waals surface area contributed by atoms with Crippen LogP contribution in [0.4, 0.5) is 0 Å². The van der Waals surface area contributed by atoms with Crippen molar-refractivity contribution < 1.29 is 117 Å². The molecule has 0 aromatic rings. The number of unbranched alkanes of at least 4 members (excludes halogenated alkanes) is 38. The highest BCUT2D eigenvalue weighted by molar-refractivity contribution is 7.47. The van der Waals surface area contributed by atoms with Crippen LogP contribution in [0.2, 0.25) is 0 Å². The van der Waals surface area contributed by atoms with Crippen LogP contribution in [-0.4, -0.2) is 204 Å². The van der Waals surface area contributed by atoms with Crippen LogP contribution in [0.15, 0.2) is 12.2 Å². The van der Waals surface area contributed by atoms with E-state index in [1.54, 1.807) is 0 Å². The molecule has 582 valence electrons. The summed E-state index contributed by atoms with van der Waals surface area (Å²) in [6.45, 7) is 3.46.